The van der Waals surface area contributed by atoms with Gasteiger partial charge in [-0.15, -0.1) is 0 Å². The molecule has 1 aliphatic rings. The molecule has 0 radical (unpaired) electrons. The largest absolute Gasteiger partial charge is 0.310 e. The van der Waals surface area contributed by atoms with E-state index in [9.17, 15) is 0 Å². The van der Waals surface area contributed by atoms with Gasteiger partial charge in [0.2, 0.25) is 0 Å². The van der Waals surface area contributed by atoms with E-state index in [1.165, 1.54) is 49.6 Å². The van der Waals surface area contributed by atoms with E-state index in [-0.39, 0.29) is 18.2 Å². The van der Waals surface area contributed by atoms with Crippen molar-refractivity contribution in [1.82, 2.24) is 15.2 Å². The van der Waals surface area contributed by atoms with Crippen LogP contribution < -0.4 is 15.5 Å². The van der Waals surface area contributed by atoms with Gasteiger partial charge in [0, 0.05) is 45.6 Å². The standard InChI is InChI=1S/C52H42N4/c1-5-15-39(16-6-1)48-36-49(40-17-7-2-8-18-40)54-52(53-48)41-27-25-37(26-28-41)38-29-31-44(32-30-38)56-50-24-14-13-23-46(50)47-35-45(33-34-51(47)56)55(42-19-9-3-10-20-42)43-21-11-4-12-22-43/h1-35,48-49,52-54H,36H2. The summed E-state index contributed by atoms with van der Waals surface area (Å²) in [4.78, 5) is 2.33. The summed E-state index contributed by atoms with van der Waals surface area (Å²) < 4.78 is 2.39. The first-order chi connectivity index (χ1) is 27.8. The number of rotatable bonds is 8. The molecule has 1 aliphatic heterocycles. The van der Waals surface area contributed by atoms with Crippen molar-refractivity contribution in [2.45, 2.75) is 24.7 Å². The molecule has 8 aromatic carbocycles. The van der Waals surface area contributed by atoms with Crippen molar-refractivity contribution in [2.24, 2.45) is 0 Å². The number of nitrogens with zero attached hydrogens (tertiary/aromatic N) is 2. The molecule has 4 nitrogen and oxygen atoms in total. The molecule has 56 heavy (non-hydrogen) atoms. The zero-order valence-electron chi connectivity index (χ0n) is 31.0. The molecule has 0 spiro atoms. The third kappa shape index (κ3) is 6.45. The molecular formula is C52H42N4. The van der Waals surface area contributed by atoms with E-state index in [0.717, 1.165) is 29.2 Å². The molecular weight excluding hydrogens is 681 g/mol. The second kappa shape index (κ2) is 14.8. The summed E-state index contributed by atoms with van der Waals surface area (Å²) in [5.74, 6) is 0. The monoisotopic (exact) mass is 722 g/mol. The number of hydrogen-bond donors (Lipinski definition) is 2. The molecule has 0 aliphatic carbocycles. The maximum Gasteiger partial charge on any atom is 0.0845 e. The van der Waals surface area contributed by atoms with E-state index >= 15 is 0 Å². The Morgan fingerprint density at radius 2 is 0.875 bits per heavy atom. The summed E-state index contributed by atoms with van der Waals surface area (Å²) in [7, 11) is 0. The number of nitrogens with one attached hydrogen (secondary N) is 2. The number of anilines is 3. The molecule has 2 N–H and O–H groups in total. The summed E-state index contributed by atoms with van der Waals surface area (Å²) in [5.41, 5.74) is 13.2. The van der Waals surface area contributed by atoms with Gasteiger partial charge in [-0.2, -0.15) is 0 Å². The second-order valence-electron chi connectivity index (χ2n) is 14.7. The predicted octanol–water partition coefficient (Wildman–Crippen LogP) is 13.0. The van der Waals surface area contributed by atoms with Gasteiger partial charge in [-0.05, 0) is 94.9 Å². The molecule has 1 aromatic heterocycles. The van der Waals surface area contributed by atoms with Crippen molar-refractivity contribution < 1.29 is 0 Å². The van der Waals surface area contributed by atoms with Crippen LogP contribution in [0.1, 0.15) is 41.4 Å². The van der Waals surface area contributed by atoms with Crippen LogP contribution in [0, 0.1) is 0 Å². The molecule has 0 saturated carbocycles. The molecule has 9 aromatic rings. The summed E-state index contributed by atoms with van der Waals surface area (Å²) in [6, 6.07) is 77.0. The van der Waals surface area contributed by atoms with Crippen LogP contribution in [0.25, 0.3) is 38.6 Å². The van der Waals surface area contributed by atoms with Crippen LogP contribution in [0.4, 0.5) is 17.1 Å². The van der Waals surface area contributed by atoms with Crippen molar-refractivity contribution >= 4 is 38.9 Å². The van der Waals surface area contributed by atoms with Gasteiger partial charge in [-0.1, -0.05) is 152 Å². The number of benzene rings is 8. The van der Waals surface area contributed by atoms with Gasteiger partial charge in [-0.25, -0.2) is 0 Å². The summed E-state index contributed by atoms with van der Waals surface area (Å²) >= 11 is 0. The highest BCUT2D eigenvalue weighted by Gasteiger charge is 2.30. The molecule has 10 rings (SSSR count). The molecule has 2 unspecified atom stereocenters. The van der Waals surface area contributed by atoms with Crippen molar-refractivity contribution in [1.29, 1.82) is 0 Å². The van der Waals surface area contributed by atoms with Crippen LogP contribution in [0.15, 0.2) is 212 Å². The fourth-order valence-corrected chi connectivity index (χ4v) is 8.50. The van der Waals surface area contributed by atoms with E-state index in [1.54, 1.807) is 0 Å². The molecule has 1 fully saturated rings. The first-order valence-corrected chi connectivity index (χ1v) is 19.5. The first kappa shape index (κ1) is 33.8. The topological polar surface area (TPSA) is 32.2 Å². The first-order valence-electron chi connectivity index (χ1n) is 19.5. The zero-order chi connectivity index (χ0) is 37.3. The van der Waals surface area contributed by atoms with Crippen LogP contribution in [-0.4, -0.2) is 4.57 Å². The van der Waals surface area contributed by atoms with Crippen LogP contribution in [0.2, 0.25) is 0 Å². The van der Waals surface area contributed by atoms with Crippen LogP contribution in [-0.2, 0) is 0 Å². The Morgan fingerprint density at radius 1 is 0.393 bits per heavy atom. The Labute approximate surface area is 328 Å². The smallest absolute Gasteiger partial charge is 0.0845 e. The van der Waals surface area contributed by atoms with E-state index in [4.69, 9.17) is 0 Å². The Balaban J connectivity index is 0.954. The Bertz CT molecular complexity index is 2620. The predicted molar refractivity (Wildman–Crippen MR) is 233 cm³/mol. The van der Waals surface area contributed by atoms with Crippen molar-refractivity contribution in [2.75, 3.05) is 4.90 Å². The van der Waals surface area contributed by atoms with E-state index in [1.807, 2.05) is 0 Å². The van der Waals surface area contributed by atoms with Crippen molar-refractivity contribution in [3.05, 3.63) is 229 Å². The van der Waals surface area contributed by atoms with E-state index < -0.39 is 0 Å². The van der Waals surface area contributed by atoms with Gasteiger partial charge >= 0.3 is 0 Å². The van der Waals surface area contributed by atoms with Gasteiger partial charge < -0.3 is 9.47 Å². The third-order valence-corrected chi connectivity index (χ3v) is 11.3. The lowest BCUT2D eigenvalue weighted by Crippen LogP contribution is -2.45. The second-order valence-corrected chi connectivity index (χ2v) is 14.7. The van der Waals surface area contributed by atoms with E-state index in [0.29, 0.717) is 0 Å². The lowest BCUT2D eigenvalue weighted by atomic mass is 9.90. The normalized spacial score (nSPS) is 16.9. The summed E-state index contributed by atoms with van der Waals surface area (Å²) in [5, 5.41) is 10.3. The molecule has 270 valence electrons. The number of aromatic nitrogens is 1. The average molecular weight is 723 g/mol. The summed E-state index contributed by atoms with van der Waals surface area (Å²) in [6.45, 7) is 0. The lowest BCUT2D eigenvalue weighted by Gasteiger charge is -2.38. The highest BCUT2D eigenvalue weighted by molar-refractivity contribution is 6.10. The fourth-order valence-electron chi connectivity index (χ4n) is 8.50. The van der Waals surface area contributed by atoms with Gasteiger partial charge in [0.25, 0.3) is 0 Å². The van der Waals surface area contributed by atoms with Gasteiger partial charge in [-0.3, -0.25) is 10.6 Å². The maximum absolute atomic E-state index is 3.91. The molecule has 0 bridgehead atoms. The summed E-state index contributed by atoms with van der Waals surface area (Å²) in [6.07, 6.45) is 1.01. The van der Waals surface area contributed by atoms with Crippen molar-refractivity contribution in [3.63, 3.8) is 0 Å². The van der Waals surface area contributed by atoms with Gasteiger partial charge in [0.15, 0.2) is 0 Å². The minimum atomic E-state index is 0.0267. The zero-order valence-corrected chi connectivity index (χ0v) is 31.0. The quantitative estimate of drug-likeness (QED) is 0.164. The van der Waals surface area contributed by atoms with E-state index in [2.05, 4.69) is 232 Å². The Morgan fingerprint density at radius 3 is 1.45 bits per heavy atom. The number of fused-ring (bicyclic) bond motifs is 3. The highest BCUT2D eigenvalue weighted by atomic mass is 15.2. The number of para-hydroxylation sites is 3. The van der Waals surface area contributed by atoms with Crippen molar-refractivity contribution in [3.8, 4) is 16.8 Å². The highest BCUT2D eigenvalue weighted by Crippen LogP contribution is 2.40. The van der Waals surface area contributed by atoms with Gasteiger partial charge in [0.1, 0.15) is 0 Å². The molecule has 2 atom stereocenters. The Kier molecular flexibility index (Phi) is 8.96. The minimum Gasteiger partial charge on any atom is -0.310 e. The number of hydrogen-bond acceptors (Lipinski definition) is 3. The molecule has 2 heterocycles. The fraction of sp³-hybridized carbons (Fsp3) is 0.0769. The van der Waals surface area contributed by atoms with Gasteiger partial charge in [0.05, 0.1) is 17.2 Å². The Hall–Kier alpha value is -6.72. The third-order valence-electron chi connectivity index (χ3n) is 11.3. The van der Waals surface area contributed by atoms with Crippen LogP contribution >= 0.6 is 0 Å². The SMILES string of the molecule is c1ccc(C2CC(c3ccccc3)NC(c3ccc(-c4ccc(-n5c6ccccc6c6cc(N(c7ccccc7)c7ccccc7)ccc65)cc4)cc3)N2)cc1. The molecule has 1 saturated heterocycles. The maximum atomic E-state index is 3.91. The van der Waals surface area contributed by atoms with Crippen LogP contribution in [0.5, 0.6) is 0 Å². The van der Waals surface area contributed by atoms with Crippen LogP contribution in [0.3, 0.4) is 0 Å². The minimum absolute atomic E-state index is 0.0267. The average Bonchev–Trinajstić information content (AvgIpc) is 3.61. The molecule has 4 heteroatoms. The lowest BCUT2D eigenvalue weighted by molar-refractivity contribution is 0.247. The molecule has 0 amide bonds.